The first-order valence-electron chi connectivity index (χ1n) is 13.6. The van der Waals surface area contributed by atoms with Crippen LogP contribution in [0.5, 0.6) is 0 Å². The van der Waals surface area contributed by atoms with Crippen LogP contribution in [0.25, 0.3) is 0 Å². The third-order valence-corrected chi connectivity index (χ3v) is 8.78. The SMILES string of the molecule is [C-]#[O+].[C-]#[O+].[CH]1[CH][CH][C](C=NC(c2ccccc2)c2ccccc2)[CH]1.[Mn].c1ccc(P(c2ccccc2)c2ccccc2)cc1. The van der Waals surface area contributed by atoms with E-state index in [1.54, 1.807) is 0 Å². The normalized spacial score (nSPS) is 12.0. The van der Waals surface area contributed by atoms with Gasteiger partial charge in [0, 0.05) is 29.2 Å². The molecule has 1 saturated carbocycles. The van der Waals surface area contributed by atoms with Crippen molar-refractivity contribution in [3.63, 3.8) is 0 Å². The van der Waals surface area contributed by atoms with Crippen molar-refractivity contribution in [1.29, 1.82) is 0 Å². The van der Waals surface area contributed by atoms with Crippen LogP contribution in [-0.4, -0.2) is 6.21 Å². The molecule has 1 fully saturated rings. The molecular formula is C39H31MnNO2P. The third-order valence-electron chi connectivity index (χ3n) is 6.33. The summed E-state index contributed by atoms with van der Waals surface area (Å²) in [6.45, 7) is 9.00. The molecule has 0 unspecified atom stereocenters. The van der Waals surface area contributed by atoms with Gasteiger partial charge in [0.25, 0.3) is 0 Å². The van der Waals surface area contributed by atoms with Gasteiger partial charge in [0.1, 0.15) is 0 Å². The average Bonchev–Trinajstić information content (AvgIpc) is 3.64. The number of benzene rings is 5. The second-order valence-electron chi connectivity index (χ2n) is 9.06. The van der Waals surface area contributed by atoms with E-state index < -0.39 is 7.92 Å². The summed E-state index contributed by atoms with van der Waals surface area (Å²) >= 11 is 0. The molecular weight excluding hydrogens is 600 g/mol. The number of hydrogen-bond donors (Lipinski definition) is 0. The van der Waals surface area contributed by atoms with Crippen LogP contribution in [0, 0.1) is 44.9 Å². The van der Waals surface area contributed by atoms with E-state index in [0.717, 1.165) is 5.92 Å². The molecule has 0 heterocycles. The molecule has 0 spiro atoms. The maximum atomic E-state index is 7.50. The van der Waals surface area contributed by atoms with Gasteiger partial charge < -0.3 is 0 Å². The number of hydrogen-bond acceptors (Lipinski definition) is 1. The van der Waals surface area contributed by atoms with Crippen molar-refractivity contribution < 1.29 is 26.4 Å². The van der Waals surface area contributed by atoms with Crippen molar-refractivity contribution in [2.45, 2.75) is 6.04 Å². The molecule has 6 rings (SSSR count). The van der Waals surface area contributed by atoms with Crippen LogP contribution in [0.2, 0.25) is 0 Å². The van der Waals surface area contributed by atoms with Crippen LogP contribution < -0.4 is 15.9 Å². The summed E-state index contributed by atoms with van der Waals surface area (Å²) in [5, 5.41) is 4.19. The second kappa shape index (κ2) is 21.8. The van der Waals surface area contributed by atoms with Crippen LogP contribution >= 0.6 is 7.92 Å². The molecule has 0 N–H and O–H groups in total. The Balaban J connectivity index is 0.000000271. The predicted molar refractivity (Wildman–Crippen MR) is 177 cm³/mol. The minimum Gasteiger partial charge on any atom is -0.284 e. The minimum atomic E-state index is -0.446. The number of nitrogens with zero attached hydrogens (tertiary/aromatic N) is 1. The summed E-state index contributed by atoms with van der Waals surface area (Å²) in [4.78, 5) is 4.78. The van der Waals surface area contributed by atoms with Gasteiger partial charge in [-0.1, -0.05) is 152 Å². The number of aliphatic imine (C=N–C) groups is 1. The zero-order valence-corrected chi connectivity index (χ0v) is 26.1. The summed E-state index contributed by atoms with van der Waals surface area (Å²) in [6.07, 6.45) is 10.1. The van der Waals surface area contributed by atoms with Crippen molar-refractivity contribution in [2.75, 3.05) is 0 Å². The van der Waals surface area contributed by atoms with Crippen LogP contribution in [-0.2, 0) is 26.4 Å². The smallest absolute Gasteiger partial charge is 0.0995 e. The van der Waals surface area contributed by atoms with E-state index in [-0.39, 0.29) is 23.1 Å². The van der Waals surface area contributed by atoms with Gasteiger partial charge in [0.15, 0.2) is 0 Å². The van der Waals surface area contributed by atoms with Crippen LogP contribution in [0.3, 0.4) is 0 Å². The molecule has 5 aromatic carbocycles. The quantitative estimate of drug-likeness (QED) is 0.0584. The van der Waals surface area contributed by atoms with Crippen molar-refractivity contribution in [3.8, 4) is 0 Å². The van der Waals surface area contributed by atoms with E-state index in [4.69, 9.17) is 14.3 Å². The molecule has 5 heteroatoms. The van der Waals surface area contributed by atoms with E-state index in [1.165, 1.54) is 27.0 Å². The third kappa shape index (κ3) is 11.4. The van der Waals surface area contributed by atoms with Crippen molar-refractivity contribution in [2.24, 2.45) is 4.99 Å². The molecule has 0 bridgehead atoms. The van der Waals surface area contributed by atoms with Gasteiger partial charge in [-0.15, -0.1) is 0 Å². The molecule has 1 aliphatic carbocycles. The maximum absolute atomic E-state index is 7.50. The van der Waals surface area contributed by atoms with Gasteiger partial charge in [0.05, 0.1) is 6.04 Å². The van der Waals surface area contributed by atoms with Crippen molar-refractivity contribution in [3.05, 3.63) is 208 Å². The summed E-state index contributed by atoms with van der Waals surface area (Å²) in [5.41, 5.74) is 2.42. The van der Waals surface area contributed by atoms with Crippen LogP contribution in [0.15, 0.2) is 157 Å². The summed E-state index contributed by atoms with van der Waals surface area (Å²) < 4.78 is 15.0. The zero-order chi connectivity index (χ0) is 30.5. The first-order valence-corrected chi connectivity index (χ1v) is 14.9. The summed E-state index contributed by atoms with van der Waals surface area (Å²) in [5.74, 6) is 1.14. The van der Waals surface area contributed by atoms with Gasteiger partial charge in [0.2, 0.25) is 0 Å². The molecule has 0 aliphatic heterocycles. The molecule has 1 aliphatic rings. The molecule has 0 aromatic heterocycles. The number of rotatable bonds is 7. The average molecular weight is 632 g/mol. The minimum absolute atomic E-state index is 0. The van der Waals surface area contributed by atoms with Gasteiger partial charge in [-0.3, -0.25) is 4.99 Å². The maximum Gasteiger partial charge on any atom is 0.0995 e. The Kier molecular flexibility index (Phi) is 18.0. The molecule has 3 nitrogen and oxygen atoms in total. The first-order chi connectivity index (χ1) is 21.4. The van der Waals surface area contributed by atoms with Gasteiger partial charge in [-0.2, -0.15) is 0 Å². The first kappa shape index (κ1) is 36.4. The summed E-state index contributed by atoms with van der Waals surface area (Å²) in [7, 11) is -0.446. The Labute approximate surface area is 274 Å². The van der Waals surface area contributed by atoms with Gasteiger partial charge in [-0.25, -0.2) is 0 Å². The molecule has 0 saturated heterocycles. The molecule has 216 valence electrons. The Morgan fingerprint density at radius 3 is 1.09 bits per heavy atom. The molecule has 5 aromatic rings. The van der Waals surface area contributed by atoms with Gasteiger partial charge >= 0.3 is 22.6 Å². The monoisotopic (exact) mass is 631 g/mol. The second-order valence-corrected chi connectivity index (χ2v) is 11.3. The Morgan fingerprint density at radius 1 is 0.477 bits per heavy atom. The van der Waals surface area contributed by atoms with Crippen molar-refractivity contribution in [1.82, 2.24) is 0 Å². The fourth-order valence-electron chi connectivity index (χ4n) is 4.45. The molecule has 6 radical (unpaired) electrons. The summed E-state index contributed by atoms with van der Waals surface area (Å²) in [6, 6.07) is 53.2. The molecule has 44 heavy (non-hydrogen) atoms. The van der Waals surface area contributed by atoms with Crippen molar-refractivity contribution >= 4 is 30.0 Å². The topological polar surface area (TPSA) is 52.2 Å². The Hall–Kier alpha value is -3.80. The largest absolute Gasteiger partial charge is 0.284 e. The fourth-order valence-corrected chi connectivity index (χ4v) is 6.75. The Bertz CT molecular complexity index is 1350. The molecule has 0 atom stereocenters. The fraction of sp³-hybridized carbons (Fsp3) is 0.0256. The zero-order valence-electron chi connectivity index (χ0n) is 24.0. The van der Waals surface area contributed by atoms with Crippen LogP contribution in [0.1, 0.15) is 17.2 Å². The standard InChI is InChI=1S/C19H16N.C18H15P.2CO.Mn/c1-3-11-17(12-4-1)19(18-13-5-2-6-14-18)20-15-16-9-7-8-10-16;1-4-10-16(11-5-1)19(17-12-6-2-7-13-17)18-14-8-3-9-15-18;2*1-2;/h1-15,19H;1-15H;;;. The molecule has 0 amide bonds. The van der Waals surface area contributed by atoms with E-state index in [9.17, 15) is 0 Å². The van der Waals surface area contributed by atoms with E-state index >= 15 is 0 Å². The van der Waals surface area contributed by atoms with E-state index in [0.29, 0.717) is 0 Å². The Morgan fingerprint density at radius 2 is 0.773 bits per heavy atom. The predicted octanol–water partition coefficient (Wildman–Crippen LogP) is 7.62. The van der Waals surface area contributed by atoms with E-state index in [2.05, 4.69) is 166 Å². The van der Waals surface area contributed by atoms with E-state index in [1.807, 2.05) is 31.2 Å². The van der Waals surface area contributed by atoms with Crippen LogP contribution in [0.4, 0.5) is 0 Å². The van der Waals surface area contributed by atoms with Gasteiger partial charge in [-0.05, 0) is 60.6 Å².